The van der Waals surface area contributed by atoms with Crippen LogP contribution in [0.5, 0.6) is 0 Å². The first-order chi connectivity index (χ1) is 17.0. The second-order valence-electron chi connectivity index (χ2n) is 10.0. The number of piperidine rings is 1. The van der Waals surface area contributed by atoms with E-state index in [1.165, 1.54) is 22.3 Å². The number of nitrogens with zero attached hydrogens (tertiary/aromatic N) is 1. The Kier molecular flexibility index (Phi) is 6.75. The van der Waals surface area contributed by atoms with Crippen LogP contribution in [-0.4, -0.2) is 54.2 Å². The minimum absolute atomic E-state index is 0.00948. The van der Waals surface area contributed by atoms with Crippen LogP contribution >= 0.6 is 0 Å². The molecular formula is C28H32N2O5. The molecule has 1 saturated heterocycles. The Labute approximate surface area is 205 Å². The molecule has 0 radical (unpaired) electrons. The average molecular weight is 477 g/mol. The fourth-order valence-corrected chi connectivity index (χ4v) is 5.60. The van der Waals surface area contributed by atoms with Crippen molar-refractivity contribution in [2.45, 2.75) is 38.0 Å². The van der Waals surface area contributed by atoms with E-state index in [0.29, 0.717) is 31.8 Å². The summed E-state index contributed by atoms with van der Waals surface area (Å²) in [6, 6.07) is 16.5. The van der Waals surface area contributed by atoms with Crippen LogP contribution in [0.3, 0.4) is 0 Å². The second-order valence-corrected chi connectivity index (χ2v) is 10.0. The molecular weight excluding hydrogens is 444 g/mol. The molecule has 35 heavy (non-hydrogen) atoms. The summed E-state index contributed by atoms with van der Waals surface area (Å²) in [7, 11) is 0. The number of carboxylic acids is 1. The van der Waals surface area contributed by atoms with Gasteiger partial charge in [-0.3, -0.25) is 9.59 Å². The van der Waals surface area contributed by atoms with Gasteiger partial charge in [0.15, 0.2) is 0 Å². The van der Waals surface area contributed by atoms with Crippen LogP contribution in [0, 0.1) is 17.8 Å². The minimum Gasteiger partial charge on any atom is -0.481 e. The zero-order valence-corrected chi connectivity index (χ0v) is 19.8. The summed E-state index contributed by atoms with van der Waals surface area (Å²) in [6.45, 7) is 1.55. The number of carbonyl (C=O) groups excluding carboxylic acids is 2. The summed E-state index contributed by atoms with van der Waals surface area (Å²) in [5.74, 6) is -0.845. The first-order valence-corrected chi connectivity index (χ1v) is 12.6. The molecule has 2 atom stereocenters. The first-order valence-electron chi connectivity index (χ1n) is 12.6. The van der Waals surface area contributed by atoms with Gasteiger partial charge in [-0.1, -0.05) is 48.5 Å². The van der Waals surface area contributed by atoms with Crippen LogP contribution in [0.15, 0.2) is 48.5 Å². The zero-order chi connectivity index (χ0) is 24.4. The summed E-state index contributed by atoms with van der Waals surface area (Å²) in [4.78, 5) is 38.5. The van der Waals surface area contributed by atoms with Crippen LogP contribution in [-0.2, 0) is 14.3 Å². The number of carbonyl (C=O) groups is 3. The van der Waals surface area contributed by atoms with Gasteiger partial charge in [0.1, 0.15) is 6.61 Å². The molecule has 2 unspecified atom stereocenters. The molecule has 0 aromatic heterocycles. The molecule has 2 aromatic carbocycles. The first kappa shape index (κ1) is 23.4. The van der Waals surface area contributed by atoms with E-state index in [9.17, 15) is 19.5 Å². The lowest BCUT2D eigenvalue weighted by molar-refractivity contribution is -0.146. The van der Waals surface area contributed by atoms with Gasteiger partial charge in [-0.05, 0) is 59.8 Å². The Morgan fingerprint density at radius 3 is 2.29 bits per heavy atom. The summed E-state index contributed by atoms with van der Waals surface area (Å²) in [5, 5.41) is 12.2. The molecule has 1 aliphatic heterocycles. The van der Waals surface area contributed by atoms with Crippen molar-refractivity contribution in [3.05, 3.63) is 59.7 Å². The van der Waals surface area contributed by atoms with Crippen molar-refractivity contribution in [1.29, 1.82) is 0 Å². The predicted octanol–water partition coefficient (Wildman–Crippen LogP) is 4.26. The molecule has 2 aromatic rings. The van der Waals surface area contributed by atoms with Gasteiger partial charge in [-0.25, -0.2) is 4.79 Å². The monoisotopic (exact) mass is 476 g/mol. The summed E-state index contributed by atoms with van der Waals surface area (Å²) in [6.07, 6.45) is 3.32. The topological polar surface area (TPSA) is 95.9 Å². The maximum atomic E-state index is 12.9. The number of fused-ring (bicyclic) bond motifs is 3. The Morgan fingerprint density at radius 1 is 1.00 bits per heavy atom. The van der Waals surface area contributed by atoms with Crippen molar-refractivity contribution in [2.75, 3.05) is 26.2 Å². The maximum absolute atomic E-state index is 12.9. The third-order valence-electron chi connectivity index (χ3n) is 7.70. The summed E-state index contributed by atoms with van der Waals surface area (Å²) >= 11 is 0. The highest BCUT2D eigenvalue weighted by Gasteiger charge is 2.36. The van der Waals surface area contributed by atoms with Crippen molar-refractivity contribution in [2.24, 2.45) is 17.8 Å². The van der Waals surface area contributed by atoms with Crippen LogP contribution in [0.1, 0.15) is 49.1 Å². The SMILES string of the molecule is O=C(NCC(CC(=O)N1CCCC(C(=O)O)C1)C1CC1)OCC1c2ccccc2-c2ccccc21. The lowest BCUT2D eigenvalue weighted by atomic mass is 9.95. The molecule has 3 aliphatic rings. The zero-order valence-electron chi connectivity index (χ0n) is 19.8. The molecule has 0 bridgehead atoms. The number of rotatable bonds is 8. The van der Waals surface area contributed by atoms with Gasteiger partial charge < -0.3 is 20.1 Å². The fraction of sp³-hybridized carbons (Fsp3) is 0.464. The lowest BCUT2D eigenvalue weighted by Gasteiger charge is -2.32. The molecule has 1 saturated carbocycles. The third-order valence-corrected chi connectivity index (χ3v) is 7.70. The van der Waals surface area contributed by atoms with Crippen LogP contribution < -0.4 is 5.32 Å². The lowest BCUT2D eigenvalue weighted by Crippen LogP contribution is -2.43. The number of ether oxygens (including phenoxy) is 1. The Balaban J connectivity index is 1.14. The maximum Gasteiger partial charge on any atom is 0.407 e. The number of hydrogen-bond acceptors (Lipinski definition) is 4. The number of aliphatic carboxylic acids is 1. The molecule has 1 heterocycles. The van der Waals surface area contributed by atoms with Gasteiger partial charge in [-0.15, -0.1) is 0 Å². The molecule has 2 N–H and O–H groups in total. The molecule has 2 aliphatic carbocycles. The highest BCUT2D eigenvalue weighted by Crippen LogP contribution is 2.44. The fourth-order valence-electron chi connectivity index (χ4n) is 5.60. The highest BCUT2D eigenvalue weighted by molar-refractivity contribution is 5.79. The van der Waals surface area contributed by atoms with E-state index in [0.717, 1.165) is 19.3 Å². The Bertz CT molecular complexity index is 1070. The van der Waals surface area contributed by atoms with E-state index >= 15 is 0 Å². The van der Waals surface area contributed by atoms with E-state index in [1.54, 1.807) is 4.90 Å². The van der Waals surface area contributed by atoms with Gasteiger partial charge in [0, 0.05) is 32.0 Å². The smallest absolute Gasteiger partial charge is 0.407 e. The quantitative estimate of drug-likeness (QED) is 0.593. The van der Waals surface area contributed by atoms with E-state index < -0.39 is 18.0 Å². The molecule has 184 valence electrons. The molecule has 2 fully saturated rings. The van der Waals surface area contributed by atoms with Gasteiger partial charge in [0.2, 0.25) is 5.91 Å². The molecule has 2 amide bonds. The number of benzene rings is 2. The minimum atomic E-state index is -0.835. The van der Waals surface area contributed by atoms with Crippen molar-refractivity contribution >= 4 is 18.0 Å². The van der Waals surface area contributed by atoms with E-state index in [-0.39, 0.29) is 30.9 Å². The Hall–Kier alpha value is -3.35. The van der Waals surface area contributed by atoms with E-state index in [2.05, 4.69) is 29.6 Å². The number of hydrogen-bond donors (Lipinski definition) is 2. The Morgan fingerprint density at radius 2 is 1.66 bits per heavy atom. The van der Waals surface area contributed by atoms with Gasteiger partial charge >= 0.3 is 12.1 Å². The van der Waals surface area contributed by atoms with Crippen molar-refractivity contribution < 1.29 is 24.2 Å². The highest BCUT2D eigenvalue weighted by atomic mass is 16.5. The van der Waals surface area contributed by atoms with Crippen LogP contribution in [0.25, 0.3) is 11.1 Å². The van der Waals surface area contributed by atoms with Crippen molar-refractivity contribution in [1.82, 2.24) is 10.2 Å². The normalized spacial score (nSPS) is 20.0. The van der Waals surface area contributed by atoms with Gasteiger partial charge in [0.25, 0.3) is 0 Å². The molecule has 7 nitrogen and oxygen atoms in total. The molecule has 5 rings (SSSR count). The number of carboxylic acid groups (broad SMARTS) is 1. The standard InChI is InChI=1S/C28H32N2O5/c31-26(30-13-5-6-19(16-30)27(32)33)14-20(18-11-12-18)15-29-28(34)35-17-25-23-9-3-1-7-21(23)22-8-2-4-10-24(22)25/h1-4,7-10,18-20,25H,5-6,11-17H2,(H,29,34)(H,32,33). The largest absolute Gasteiger partial charge is 0.481 e. The number of likely N-dealkylation sites (tertiary alicyclic amines) is 1. The second kappa shape index (κ2) is 10.1. The number of amides is 2. The average Bonchev–Trinajstić information content (AvgIpc) is 3.68. The van der Waals surface area contributed by atoms with Gasteiger partial charge in [0.05, 0.1) is 5.92 Å². The summed E-state index contributed by atoms with van der Waals surface area (Å²) < 4.78 is 5.64. The molecule has 7 heteroatoms. The summed E-state index contributed by atoms with van der Waals surface area (Å²) in [5.41, 5.74) is 4.72. The van der Waals surface area contributed by atoms with Gasteiger partial charge in [-0.2, -0.15) is 0 Å². The van der Waals surface area contributed by atoms with E-state index in [1.807, 2.05) is 24.3 Å². The number of alkyl carbamates (subject to hydrolysis) is 1. The van der Waals surface area contributed by atoms with E-state index in [4.69, 9.17) is 4.74 Å². The number of nitrogens with one attached hydrogen (secondary N) is 1. The van der Waals surface area contributed by atoms with Crippen molar-refractivity contribution in [3.63, 3.8) is 0 Å². The molecule has 0 spiro atoms. The predicted molar refractivity (Wildman–Crippen MR) is 131 cm³/mol. The van der Waals surface area contributed by atoms with Crippen LogP contribution in [0.4, 0.5) is 4.79 Å². The van der Waals surface area contributed by atoms with Crippen LogP contribution in [0.2, 0.25) is 0 Å². The van der Waals surface area contributed by atoms with Crippen molar-refractivity contribution in [3.8, 4) is 11.1 Å². The third kappa shape index (κ3) is 5.19.